The number of hydrogen-bond acceptors (Lipinski definition) is 2. The van der Waals surface area contributed by atoms with E-state index in [1.165, 1.54) is 0 Å². The molecule has 4 bridgehead atoms. The average molecular weight is 326 g/mol. The molecule has 4 rings (SSSR count). The van der Waals surface area contributed by atoms with Gasteiger partial charge in [0.1, 0.15) is 0 Å². The van der Waals surface area contributed by atoms with Gasteiger partial charge in [0.05, 0.1) is 12.0 Å². The molecule has 7 heteroatoms. The predicted octanol–water partition coefficient (Wildman–Crippen LogP) is 4.33. The maximum absolute atomic E-state index is 13.5. The van der Waals surface area contributed by atoms with Crippen molar-refractivity contribution >= 4 is 5.97 Å². The van der Waals surface area contributed by atoms with E-state index in [0.29, 0.717) is 19.8 Å². The van der Waals surface area contributed by atoms with Crippen LogP contribution in [0.15, 0.2) is 0 Å². The number of alkyl halides is 5. The van der Waals surface area contributed by atoms with Gasteiger partial charge in [-0.05, 0) is 50.4 Å². The smallest absolute Gasteiger partial charge is 0.394 e. The molecule has 22 heavy (non-hydrogen) atoms. The van der Waals surface area contributed by atoms with Gasteiger partial charge in [-0.2, -0.15) is 22.0 Å². The normalized spacial score (nSPS) is 40.8. The summed E-state index contributed by atoms with van der Waals surface area (Å²) in [5.74, 6) is -5.33. The van der Waals surface area contributed by atoms with Gasteiger partial charge in [0, 0.05) is 12.3 Å². The molecule has 0 saturated heterocycles. The maximum Gasteiger partial charge on any atom is 0.394 e. The SMILES string of the molecule is CC(F)(F)C(=O)OCC12CC3CC(C1)CC(C(F)(F)F)(C3)C2. The first-order valence-electron chi connectivity index (χ1n) is 7.57. The lowest BCUT2D eigenvalue weighted by Crippen LogP contribution is -2.58. The zero-order valence-electron chi connectivity index (χ0n) is 12.3. The third-order valence-electron chi connectivity index (χ3n) is 5.65. The van der Waals surface area contributed by atoms with E-state index in [9.17, 15) is 26.7 Å². The highest BCUT2D eigenvalue weighted by atomic mass is 19.4. The summed E-state index contributed by atoms with van der Waals surface area (Å²) < 4.78 is 71.0. The Bertz CT molecular complexity index is 465. The first-order chi connectivity index (χ1) is 9.95. The zero-order chi connectivity index (χ0) is 16.4. The predicted molar refractivity (Wildman–Crippen MR) is 67.2 cm³/mol. The van der Waals surface area contributed by atoms with Crippen LogP contribution in [0.5, 0.6) is 0 Å². The molecular formula is C15H19F5O2. The van der Waals surface area contributed by atoms with Crippen LogP contribution in [-0.2, 0) is 9.53 Å². The van der Waals surface area contributed by atoms with Gasteiger partial charge < -0.3 is 4.74 Å². The first-order valence-corrected chi connectivity index (χ1v) is 7.57. The maximum atomic E-state index is 13.5. The third-order valence-corrected chi connectivity index (χ3v) is 5.65. The molecule has 0 heterocycles. The summed E-state index contributed by atoms with van der Waals surface area (Å²) in [4.78, 5) is 11.2. The fourth-order valence-corrected chi connectivity index (χ4v) is 5.30. The summed E-state index contributed by atoms with van der Waals surface area (Å²) in [5.41, 5.74) is -2.49. The summed E-state index contributed by atoms with van der Waals surface area (Å²) in [6, 6.07) is 0. The molecule has 0 spiro atoms. The molecule has 0 aliphatic heterocycles. The number of rotatable bonds is 3. The number of hydrogen-bond donors (Lipinski definition) is 0. The molecule has 2 atom stereocenters. The minimum atomic E-state index is -4.28. The van der Waals surface area contributed by atoms with E-state index in [1.807, 2.05) is 0 Å². The van der Waals surface area contributed by atoms with Crippen molar-refractivity contribution in [3.05, 3.63) is 0 Å². The monoisotopic (exact) mass is 326 g/mol. The van der Waals surface area contributed by atoms with E-state index >= 15 is 0 Å². The van der Waals surface area contributed by atoms with Gasteiger partial charge in [0.25, 0.3) is 0 Å². The Labute approximate surface area is 125 Å². The second-order valence-electron chi connectivity index (χ2n) is 7.70. The number of carbonyl (C=O) groups is 1. The minimum Gasteiger partial charge on any atom is -0.461 e. The lowest BCUT2D eigenvalue weighted by molar-refractivity contribution is -0.291. The van der Waals surface area contributed by atoms with Crippen molar-refractivity contribution in [2.75, 3.05) is 6.61 Å². The molecule has 0 aromatic rings. The molecule has 0 aromatic heterocycles. The highest BCUT2D eigenvalue weighted by molar-refractivity contribution is 5.76. The Morgan fingerprint density at radius 1 is 1.09 bits per heavy atom. The van der Waals surface area contributed by atoms with Crippen molar-refractivity contribution in [2.45, 2.75) is 57.5 Å². The van der Waals surface area contributed by atoms with Crippen molar-refractivity contribution < 1.29 is 31.5 Å². The van der Waals surface area contributed by atoms with Crippen molar-refractivity contribution in [3.8, 4) is 0 Å². The Kier molecular flexibility index (Phi) is 3.32. The van der Waals surface area contributed by atoms with Crippen LogP contribution in [0.4, 0.5) is 22.0 Å². The molecule has 0 aromatic carbocycles. The lowest BCUT2D eigenvalue weighted by atomic mass is 9.44. The Hall–Kier alpha value is -0.880. The summed E-state index contributed by atoms with van der Waals surface area (Å²) in [5, 5.41) is 0. The molecule has 4 aliphatic carbocycles. The van der Waals surface area contributed by atoms with Crippen LogP contribution in [0.3, 0.4) is 0 Å². The van der Waals surface area contributed by atoms with Crippen LogP contribution in [0.25, 0.3) is 0 Å². The number of ether oxygens (including phenoxy) is 1. The van der Waals surface area contributed by atoms with E-state index in [4.69, 9.17) is 4.74 Å². The Morgan fingerprint density at radius 2 is 1.64 bits per heavy atom. The quantitative estimate of drug-likeness (QED) is 0.570. The second kappa shape index (κ2) is 4.57. The van der Waals surface area contributed by atoms with Gasteiger partial charge in [0.2, 0.25) is 0 Å². The highest BCUT2D eigenvalue weighted by Crippen LogP contribution is 2.69. The summed E-state index contributed by atoms with van der Waals surface area (Å²) in [6.45, 7) is 0.117. The topological polar surface area (TPSA) is 26.3 Å². The van der Waals surface area contributed by atoms with Crippen LogP contribution in [0.1, 0.15) is 45.4 Å². The molecule has 4 fully saturated rings. The van der Waals surface area contributed by atoms with Gasteiger partial charge in [-0.3, -0.25) is 0 Å². The van der Waals surface area contributed by atoms with Gasteiger partial charge in [-0.15, -0.1) is 0 Å². The van der Waals surface area contributed by atoms with E-state index in [2.05, 4.69) is 0 Å². The molecule has 4 saturated carbocycles. The molecule has 0 radical (unpaired) electrons. The second-order valence-corrected chi connectivity index (χ2v) is 7.70. The van der Waals surface area contributed by atoms with E-state index in [0.717, 1.165) is 6.42 Å². The Balaban J connectivity index is 1.78. The van der Waals surface area contributed by atoms with Crippen molar-refractivity contribution in [1.29, 1.82) is 0 Å². The van der Waals surface area contributed by atoms with Gasteiger partial charge in [0.15, 0.2) is 0 Å². The highest BCUT2D eigenvalue weighted by Gasteiger charge is 2.67. The first kappa shape index (κ1) is 16.0. The number of halogens is 5. The van der Waals surface area contributed by atoms with E-state index in [1.54, 1.807) is 0 Å². The third kappa shape index (κ3) is 2.50. The average Bonchev–Trinajstić information content (AvgIpc) is 2.31. The molecule has 0 amide bonds. The van der Waals surface area contributed by atoms with Gasteiger partial charge >= 0.3 is 18.1 Å². The van der Waals surface area contributed by atoms with Gasteiger partial charge in [-0.25, -0.2) is 4.79 Å². The summed E-state index contributed by atoms with van der Waals surface area (Å²) >= 11 is 0. The summed E-state index contributed by atoms with van der Waals surface area (Å²) in [7, 11) is 0. The fourth-order valence-electron chi connectivity index (χ4n) is 5.30. The molecule has 0 N–H and O–H groups in total. The molecular weight excluding hydrogens is 307 g/mol. The molecule has 2 nitrogen and oxygen atoms in total. The standard InChI is InChI=1S/C15H19F5O2/c1-12(16,17)11(21)22-8-13-3-9-2-10(4-13)6-14(5-9,7-13)15(18,19)20/h9-10H,2-8H2,1H3. The Morgan fingerprint density at radius 3 is 2.09 bits per heavy atom. The van der Waals surface area contributed by atoms with Crippen LogP contribution in [0.2, 0.25) is 0 Å². The van der Waals surface area contributed by atoms with Crippen LogP contribution >= 0.6 is 0 Å². The summed E-state index contributed by atoms with van der Waals surface area (Å²) in [6.07, 6.45) is -2.25. The zero-order valence-corrected chi connectivity index (χ0v) is 12.3. The molecule has 2 unspecified atom stereocenters. The van der Waals surface area contributed by atoms with Crippen LogP contribution < -0.4 is 0 Å². The molecule has 126 valence electrons. The minimum absolute atomic E-state index is 0.0382. The number of carbonyl (C=O) groups excluding carboxylic acids is 1. The lowest BCUT2D eigenvalue weighted by Gasteiger charge is -2.61. The van der Waals surface area contributed by atoms with Crippen LogP contribution in [0, 0.1) is 22.7 Å². The van der Waals surface area contributed by atoms with E-state index < -0.39 is 28.9 Å². The van der Waals surface area contributed by atoms with Crippen molar-refractivity contribution in [2.24, 2.45) is 22.7 Å². The fraction of sp³-hybridized carbons (Fsp3) is 0.933. The number of esters is 1. The largest absolute Gasteiger partial charge is 0.461 e. The molecule has 4 aliphatic rings. The van der Waals surface area contributed by atoms with Gasteiger partial charge in [-0.1, -0.05) is 0 Å². The van der Waals surface area contributed by atoms with Crippen LogP contribution in [-0.4, -0.2) is 24.7 Å². The van der Waals surface area contributed by atoms with Crippen molar-refractivity contribution in [3.63, 3.8) is 0 Å². The van der Waals surface area contributed by atoms with E-state index in [-0.39, 0.29) is 37.7 Å². The van der Waals surface area contributed by atoms with Crippen molar-refractivity contribution in [1.82, 2.24) is 0 Å².